The normalized spacial score (nSPS) is 21.3. The second kappa shape index (κ2) is 5.12. The molecule has 0 aromatic carbocycles. The number of pyridine rings is 1. The van der Waals surface area contributed by atoms with Gasteiger partial charge < -0.3 is 10.0 Å². The highest BCUT2D eigenvalue weighted by Gasteiger charge is 2.43. The van der Waals surface area contributed by atoms with Crippen LogP contribution in [0.1, 0.15) is 37.8 Å². The molecule has 0 amide bonds. The Balaban J connectivity index is 2.53. The van der Waals surface area contributed by atoms with E-state index >= 15 is 0 Å². The zero-order valence-electron chi connectivity index (χ0n) is 12.1. The number of aromatic nitrogens is 1. The molecule has 1 unspecified atom stereocenters. The molecule has 5 nitrogen and oxygen atoms in total. The van der Waals surface area contributed by atoms with Crippen molar-refractivity contribution in [1.29, 1.82) is 5.26 Å². The second-order valence-electron chi connectivity index (χ2n) is 5.96. The van der Waals surface area contributed by atoms with Gasteiger partial charge in [-0.25, -0.2) is 9.78 Å². The zero-order valence-corrected chi connectivity index (χ0v) is 12.1. The van der Waals surface area contributed by atoms with Crippen LogP contribution in [0.2, 0.25) is 0 Å². The number of anilines is 1. The SMILES string of the molecule is Cc1ccnc(N2CCCC(C)(C)C2C(=O)O)c1C#N. The van der Waals surface area contributed by atoms with E-state index in [1.54, 1.807) is 17.2 Å². The van der Waals surface area contributed by atoms with Crippen molar-refractivity contribution in [3.05, 3.63) is 23.4 Å². The minimum absolute atomic E-state index is 0.345. The Labute approximate surface area is 118 Å². The van der Waals surface area contributed by atoms with Gasteiger partial charge in [0.25, 0.3) is 0 Å². The lowest BCUT2D eigenvalue weighted by Gasteiger charge is -2.44. The van der Waals surface area contributed by atoms with Crippen LogP contribution in [-0.2, 0) is 4.79 Å². The molecule has 1 aliphatic heterocycles. The Bertz CT molecular complexity index is 575. The Morgan fingerprint density at radius 1 is 1.60 bits per heavy atom. The Morgan fingerprint density at radius 3 is 2.90 bits per heavy atom. The first-order chi connectivity index (χ1) is 9.38. The second-order valence-corrected chi connectivity index (χ2v) is 5.96. The van der Waals surface area contributed by atoms with Crippen LogP contribution in [0.4, 0.5) is 5.82 Å². The lowest BCUT2D eigenvalue weighted by Crippen LogP contribution is -2.55. The maximum atomic E-state index is 11.7. The first-order valence-electron chi connectivity index (χ1n) is 6.73. The van der Waals surface area contributed by atoms with Gasteiger partial charge in [0.15, 0.2) is 0 Å². The third kappa shape index (κ3) is 2.34. The minimum Gasteiger partial charge on any atom is -0.480 e. The van der Waals surface area contributed by atoms with Crippen LogP contribution in [-0.4, -0.2) is 28.6 Å². The standard InChI is InChI=1S/C15H19N3O2/c1-10-5-7-17-13(11(10)9-16)18-8-4-6-15(2,3)12(18)14(19)20/h5,7,12H,4,6,8H2,1-3H3,(H,19,20). The molecule has 1 aromatic heterocycles. The van der Waals surface area contributed by atoms with E-state index < -0.39 is 12.0 Å². The van der Waals surface area contributed by atoms with E-state index in [1.165, 1.54) is 0 Å². The van der Waals surface area contributed by atoms with Crippen molar-refractivity contribution >= 4 is 11.8 Å². The van der Waals surface area contributed by atoms with Gasteiger partial charge in [0.2, 0.25) is 0 Å². The van der Waals surface area contributed by atoms with Crippen molar-refractivity contribution in [1.82, 2.24) is 4.98 Å². The monoisotopic (exact) mass is 273 g/mol. The summed E-state index contributed by atoms with van der Waals surface area (Å²) in [4.78, 5) is 17.7. The predicted octanol–water partition coefficient (Wildman–Crippen LogP) is 2.34. The molecule has 1 atom stereocenters. The lowest BCUT2D eigenvalue weighted by molar-refractivity contribution is -0.142. The smallest absolute Gasteiger partial charge is 0.326 e. The third-order valence-electron chi connectivity index (χ3n) is 4.03. The molecular formula is C15H19N3O2. The number of aliphatic carboxylic acids is 1. The van der Waals surface area contributed by atoms with Gasteiger partial charge in [-0.05, 0) is 36.8 Å². The fraction of sp³-hybridized carbons (Fsp3) is 0.533. The Kier molecular flexibility index (Phi) is 3.67. The molecule has 0 radical (unpaired) electrons. The van der Waals surface area contributed by atoms with Crippen molar-refractivity contribution in [2.75, 3.05) is 11.4 Å². The molecule has 0 saturated carbocycles. The summed E-state index contributed by atoms with van der Waals surface area (Å²) < 4.78 is 0. The number of carboxylic acids is 1. The quantitative estimate of drug-likeness (QED) is 0.895. The number of rotatable bonds is 2. The Morgan fingerprint density at radius 2 is 2.30 bits per heavy atom. The van der Waals surface area contributed by atoms with Crippen molar-refractivity contribution in [3.8, 4) is 6.07 Å². The van der Waals surface area contributed by atoms with Gasteiger partial charge in [0.05, 0.1) is 5.56 Å². The van der Waals surface area contributed by atoms with Crippen LogP contribution in [0.5, 0.6) is 0 Å². The third-order valence-corrected chi connectivity index (χ3v) is 4.03. The highest BCUT2D eigenvalue weighted by atomic mass is 16.4. The molecule has 1 saturated heterocycles. The van der Waals surface area contributed by atoms with E-state index in [9.17, 15) is 15.2 Å². The lowest BCUT2D eigenvalue weighted by atomic mass is 9.76. The Hall–Kier alpha value is -2.09. The minimum atomic E-state index is -0.859. The first kappa shape index (κ1) is 14.3. The predicted molar refractivity (Wildman–Crippen MR) is 75.5 cm³/mol. The number of nitriles is 1. The number of carboxylic acid groups (broad SMARTS) is 1. The molecule has 1 aromatic rings. The molecule has 2 heterocycles. The molecule has 0 bridgehead atoms. The van der Waals surface area contributed by atoms with Crippen LogP contribution in [0.15, 0.2) is 12.3 Å². The van der Waals surface area contributed by atoms with Crippen molar-refractivity contribution in [2.24, 2.45) is 5.41 Å². The van der Waals surface area contributed by atoms with Crippen LogP contribution in [0.25, 0.3) is 0 Å². The van der Waals surface area contributed by atoms with Gasteiger partial charge in [-0.3, -0.25) is 0 Å². The first-order valence-corrected chi connectivity index (χ1v) is 6.73. The summed E-state index contributed by atoms with van der Waals surface area (Å²) in [6.07, 6.45) is 3.39. The van der Waals surface area contributed by atoms with Gasteiger partial charge in [-0.2, -0.15) is 5.26 Å². The molecule has 1 aliphatic rings. The summed E-state index contributed by atoms with van der Waals surface area (Å²) in [6.45, 7) is 6.37. The summed E-state index contributed by atoms with van der Waals surface area (Å²) in [5.41, 5.74) is 0.948. The number of carbonyl (C=O) groups is 1. The van der Waals surface area contributed by atoms with Crippen LogP contribution >= 0.6 is 0 Å². The van der Waals surface area contributed by atoms with E-state index in [2.05, 4.69) is 11.1 Å². The van der Waals surface area contributed by atoms with Gasteiger partial charge in [0.1, 0.15) is 17.9 Å². The molecule has 5 heteroatoms. The van der Waals surface area contributed by atoms with Gasteiger partial charge >= 0.3 is 5.97 Å². The van der Waals surface area contributed by atoms with Crippen molar-refractivity contribution in [3.63, 3.8) is 0 Å². The van der Waals surface area contributed by atoms with E-state index in [0.29, 0.717) is 17.9 Å². The van der Waals surface area contributed by atoms with E-state index in [-0.39, 0.29) is 5.41 Å². The summed E-state index contributed by atoms with van der Waals surface area (Å²) in [7, 11) is 0. The van der Waals surface area contributed by atoms with Crippen LogP contribution < -0.4 is 4.90 Å². The zero-order chi connectivity index (χ0) is 14.9. The highest BCUT2D eigenvalue weighted by molar-refractivity contribution is 5.80. The summed E-state index contributed by atoms with van der Waals surface area (Å²) in [5.74, 6) is -0.366. The number of piperidine rings is 1. The number of aryl methyl sites for hydroxylation is 1. The molecule has 1 N–H and O–H groups in total. The molecule has 106 valence electrons. The summed E-state index contributed by atoms with van der Waals surface area (Å²) in [6, 6.07) is 3.27. The molecule has 0 spiro atoms. The molecule has 1 fully saturated rings. The van der Waals surface area contributed by atoms with Gasteiger partial charge in [-0.1, -0.05) is 13.8 Å². The summed E-state index contributed by atoms with van der Waals surface area (Å²) >= 11 is 0. The average molecular weight is 273 g/mol. The van der Waals surface area contributed by atoms with Crippen molar-refractivity contribution in [2.45, 2.75) is 39.7 Å². The van der Waals surface area contributed by atoms with E-state index in [1.807, 2.05) is 20.8 Å². The topological polar surface area (TPSA) is 77.2 Å². The number of hydrogen-bond acceptors (Lipinski definition) is 4. The number of nitrogens with zero attached hydrogens (tertiary/aromatic N) is 3. The van der Waals surface area contributed by atoms with E-state index in [0.717, 1.165) is 18.4 Å². The molecular weight excluding hydrogens is 254 g/mol. The summed E-state index contributed by atoms with van der Waals surface area (Å²) in [5, 5.41) is 18.9. The molecule has 20 heavy (non-hydrogen) atoms. The van der Waals surface area contributed by atoms with Gasteiger partial charge in [-0.15, -0.1) is 0 Å². The average Bonchev–Trinajstić information content (AvgIpc) is 2.36. The maximum Gasteiger partial charge on any atom is 0.326 e. The van der Waals surface area contributed by atoms with Crippen LogP contribution in [0.3, 0.4) is 0 Å². The number of hydrogen-bond donors (Lipinski definition) is 1. The van der Waals surface area contributed by atoms with Gasteiger partial charge in [0, 0.05) is 12.7 Å². The largest absolute Gasteiger partial charge is 0.480 e. The fourth-order valence-electron chi connectivity index (χ4n) is 2.99. The van der Waals surface area contributed by atoms with Crippen molar-refractivity contribution < 1.29 is 9.90 Å². The van der Waals surface area contributed by atoms with E-state index in [4.69, 9.17) is 0 Å². The fourth-order valence-corrected chi connectivity index (χ4v) is 2.99. The highest BCUT2D eigenvalue weighted by Crippen LogP contribution is 2.38. The van der Waals surface area contributed by atoms with Crippen LogP contribution in [0, 0.1) is 23.7 Å². The molecule has 0 aliphatic carbocycles. The maximum absolute atomic E-state index is 11.7. The molecule has 2 rings (SSSR count).